The zero-order valence-corrected chi connectivity index (χ0v) is 10.5. The van der Waals surface area contributed by atoms with E-state index < -0.39 is 0 Å². The molecule has 0 spiro atoms. The van der Waals surface area contributed by atoms with Crippen LogP contribution in [0.25, 0.3) is 0 Å². The SMILES string of the molecule is COc1cccnc1NC(=O)c1ccc(Cl)s1. The van der Waals surface area contributed by atoms with Crippen LogP contribution in [0.1, 0.15) is 9.67 Å². The lowest BCUT2D eigenvalue weighted by Crippen LogP contribution is -2.12. The molecule has 0 aliphatic carbocycles. The van der Waals surface area contributed by atoms with Crippen molar-refractivity contribution < 1.29 is 9.53 Å². The summed E-state index contributed by atoms with van der Waals surface area (Å²) in [5, 5.41) is 2.67. The molecule has 0 aliphatic heterocycles. The van der Waals surface area contributed by atoms with Crippen LogP contribution < -0.4 is 10.1 Å². The lowest BCUT2D eigenvalue weighted by molar-refractivity contribution is 0.102. The minimum atomic E-state index is -0.251. The molecule has 0 unspecified atom stereocenters. The van der Waals surface area contributed by atoms with Crippen LogP contribution in [0.2, 0.25) is 4.34 Å². The summed E-state index contributed by atoms with van der Waals surface area (Å²) in [5.41, 5.74) is 0. The van der Waals surface area contributed by atoms with Crippen molar-refractivity contribution in [2.24, 2.45) is 0 Å². The Kier molecular flexibility index (Phi) is 3.61. The van der Waals surface area contributed by atoms with Crippen LogP contribution in [0.15, 0.2) is 30.5 Å². The van der Waals surface area contributed by atoms with Gasteiger partial charge in [-0.05, 0) is 24.3 Å². The molecular weight excluding hydrogens is 260 g/mol. The van der Waals surface area contributed by atoms with E-state index in [4.69, 9.17) is 16.3 Å². The number of halogens is 1. The molecule has 1 amide bonds. The van der Waals surface area contributed by atoms with E-state index in [0.29, 0.717) is 20.8 Å². The summed E-state index contributed by atoms with van der Waals surface area (Å²) in [6.07, 6.45) is 1.58. The lowest BCUT2D eigenvalue weighted by atomic mass is 10.4. The van der Waals surface area contributed by atoms with Gasteiger partial charge in [-0.3, -0.25) is 4.79 Å². The third kappa shape index (κ3) is 2.75. The monoisotopic (exact) mass is 268 g/mol. The van der Waals surface area contributed by atoms with E-state index >= 15 is 0 Å². The average Bonchev–Trinajstić information content (AvgIpc) is 2.77. The summed E-state index contributed by atoms with van der Waals surface area (Å²) < 4.78 is 5.66. The highest BCUT2D eigenvalue weighted by Crippen LogP contribution is 2.24. The predicted octanol–water partition coefficient (Wildman–Crippen LogP) is 3.06. The first kappa shape index (κ1) is 11.9. The minimum Gasteiger partial charge on any atom is -0.493 e. The summed E-state index contributed by atoms with van der Waals surface area (Å²) in [6.45, 7) is 0. The molecule has 0 atom stereocenters. The molecule has 0 fully saturated rings. The fourth-order valence-corrected chi connectivity index (χ4v) is 2.19. The molecule has 0 aromatic carbocycles. The lowest BCUT2D eigenvalue weighted by Gasteiger charge is -2.07. The van der Waals surface area contributed by atoms with Crippen molar-refractivity contribution in [1.82, 2.24) is 4.98 Å². The van der Waals surface area contributed by atoms with Gasteiger partial charge in [0.15, 0.2) is 11.6 Å². The molecular formula is C11H9ClN2O2S. The summed E-state index contributed by atoms with van der Waals surface area (Å²) in [4.78, 5) is 16.4. The van der Waals surface area contributed by atoms with Gasteiger partial charge in [0, 0.05) is 6.20 Å². The number of rotatable bonds is 3. The molecule has 0 saturated carbocycles. The molecule has 0 radical (unpaired) electrons. The highest BCUT2D eigenvalue weighted by Gasteiger charge is 2.12. The number of amides is 1. The van der Waals surface area contributed by atoms with Gasteiger partial charge in [0.25, 0.3) is 5.91 Å². The van der Waals surface area contributed by atoms with E-state index in [1.807, 2.05) is 0 Å². The molecule has 0 bridgehead atoms. The normalized spacial score (nSPS) is 10.0. The maximum atomic E-state index is 11.8. The van der Waals surface area contributed by atoms with E-state index in [0.717, 1.165) is 0 Å². The van der Waals surface area contributed by atoms with Crippen LogP contribution in [0, 0.1) is 0 Å². The van der Waals surface area contributed by atoms with Gasteiger partial charge in [-0.15, -0.1) is 11.3 Å². The second kappa shape index (κ2) is 5.16. The van der Waals surface area contributed by atoms with Crippen molar-refractivity contribution >= 4 is 34.7 Å². The number of carbonyl (C=O) groups is 1. The van der Waals surface area contributed by atoms with Gasteiger partial charge in [-0.2, -0.15) is 0 Å². The van der Waals surface area contributed by atoms with Crippen molar-refractivity contribution in [2.45, 2.75) is 0 Å². The van der Waals surface area contributed by atoms with Crippen molar-refractivity contribution in [2.75, 3.05) is 12.4 Å². The Morgan fingerprint density at radius 1 is 1.47 bits per heavy atom. The number of thiophene rings is 1. The van der Waals surface area contributed by atoms with Gasteiger partial charge in [-0.1, -0.05) is 11.6 Å². The van der Waals surface area contributed by atoms with Crippen LogP contribution in [0.4, 0.5) is 5.82 Å². The topological polar surface area (TPSA) is 51.2 Å². The van der Waals surface area contributed by atoms with Crippen molar-refractivity contribution in [3.63, 3.8) is 0 Å². The quantitative estimate of drug-likeness (QED) is 0.931. The number of pyridine rings is 1. The molecule has 0 saturated heterocycles. The highest BCUT2D eigenvalue weighted by molar-refractivity contribution is 7.18. The third-order valence-electron chi connectivity index (χ3n) is 2.02. The summed E-state index contributed by atoms with van der Waals surface area (Å²) in [5.74, 6) is 0.659. The summed E-state index contributed by atoms with van der Waals surface area (Å²) >= 11 is 6.98. The Labute approximate surface area is 107 Å². The number of aromatic nitrogens is 1. The Balaban J connectivity index is 2.18. The van der Waals surface area contributed by atoms with Crippen molar-refractivity contribution in [3.8, 4) is 5.75 Å². The standard InChI is InChI=1S/C11H9ClN2O2S/c1-16-7-3-2-6-13-10(7)14-11(15)8-4-5-9(12)17-8/h2-6H,1H3,(H,13,14,15). The van der Waals surface area contributed by atoms with Crippen LogP contribution in [0.5, 0.6) is 5.75 Å². The second-order valence-electron chi connectivity index (χ2n) is 3.11. The van der Waals surface area contributed by atoms with E-state index in [9.17, 15) is 4.79 Å². The van der Waals surface area contributed by atoms with Gasteiger partial charge in [0.2, 0.25) is 0 Å². The number of anilines is 1. The van der Waals surface area contributed by atoms with Gasteiger partial charge >= 0.3 is 0 Å². The van der Waals surface area contributed by atoms with Crippen molar-refractivity contribution in [3.05, 3.63) is 39.7 Å². The van der Waals surface area contributed by atoms with Gasteiger partial charge < -0.3 is 10.1 Å². The zero-order valence-electron chi connectivity index (χ0n) is 8.94. The molecule has 6 heteroatoms. The molecule has 4 nitrogen and oxygen atoms in total. The number of nitrogens with one attached hydrogen (secondary N) is 1. The number of methoxy groups -OCH3 is 1. The third-order valence-corrected chi connectivity index (χ3v) is 3.25. The molecule has 2 aromatic rings. The van der Waals surface area contributed by atoms with Gasteiger partial charge in [0.05, 0.1) is 16.3 Å². The Bertz CT molecular complexity index is 542. The number of hydrogen-bond acceptors (Lipinski definition) is 4. The molecule has 0 aliphatic rings. The Hall–Kier alpha value is -1.59. The maximum Gasteiger partial charge on any atom is 0.267 e. The van der Waals surface area contributed by atoms with E-state index in [1.54, 1.807) is 30.5 Å². The number of nitrogens with zero attached hydrogens (tertiary/aromatic N) is 1. The minimum absolute atomic E-state index is 0.251. The fourth-order valence-electron chi connectivity index (χ4n) is 1.25. The van der Waals surface area contributed by atoms with Crippen molar-refractivity contribution in [1.29, 1.82) is 0 Å². The Morgan fingerprint density at radius 3 is 2.94 bits per heavy atom. The average molecular weight is 269 g/mol. The fraction of sp³-hybridized carbons (Fsp3) is 0.0909. The second-order valence-corrected chi connectivity index (χ2v) is 4.83. The van der Waals surface area contributed by atoms with Crippen LogP contribution >= 0.6 is 22.9 Å². The summed E-state index contributed by atoms with van der Waals surface area (Å²) in [7, 11) is 1.52. The molecule has 2 aromatic heterocycles. The maximum absolute atomic E-state index is 11.8. The predicted molar refractivity (Wildman–Crippen MR) is 68.1 cm³/mol. The van der Waals surface area contributed by atoms with Gasteiger partial charge in [-0.25, -0.2) is 4.98 Å². The van der Waals surface area contributed by atoms with Gasteiger partial charge in [0.1, 0.15) is 0 Å². The van der Waals surface area contributed by atoms with E-state index in [1.165, 1.54) is 18.4 Å². The molecule has 88 valence electrons. The van der Waals surface area contributed by atoms with E-state index in [-0.39, 0.29) is 5.91 Å². The molecule has 17 heavy (non-hydrogen) atoms. The first-order chi connectivity index (χ1) is 8.20. The summed E-state index contributed by atoms with van der Waals surface area (Å²) in [6, 6.07) is 6.80. The Morgan fingerprint density at radius 2 is 2.29 bits per heavy atom. The van der Waals surface area contributed by atoms with Crippen LogP contribution in [-0.4, -0.2) is 18.0 Å². The smallest absolute Gasteiger partial charge is 0.267 e. The van der Waals surface area contributed by atoms with Crippen LogP contribution in [-0.2, 0) is 0 Å². The molecule has 2 rings (SSSR count). The largest absolute Gasteiger partial charge is 0.493 e. The first-order valence-electron chi connectivity index (χ1n) is 4.76. The molecule has 2 heterocycles. The zero-order chi connectivity index (χ0) is 12.3. The van der Waals surface area contributed by atoms with E-state index in [2.05, 4.69) is 10.3 Å². The number of hydrogen-bond donors (Lipinski definition) is 1. The highest BCUT2D eigenvalue weighted by atomic mass is 35.5. The first-order valence-corrected chi connectivity index (χ1v) is 5.96. The molecule has 1 N–H and O–H groups in total. The number of ether oxygens (including phenoxy) is 1. The van der Waals surface area contributed by atoms with Crippen LogP contribution in [0.3, 0.4) is 0 Å². The number of carbonyl (C=O) groups excluding carboxylic acids is 1.